The highest BCUT2D eigenvalue weighted by atomic mass is 16.3. The zero-order valence-corrected chi connectivity index (χ0v) is 10.9. The van der Waals surface area contributed by atoms with Crippen LogP contribution in [-0.2, 0) is 6.42 Å². The first-order valence-corrected chi connectivity index (χ1v) is 6.27. The lowest BCUT2D eigenvalue weighted by Crippen LogP contribution is -2.29. The van der Waals surface area contributed by atoms with Crippen molar-refractivity contribution >= 4 is 0 Å². The molecule has 1 atom stereocenters. The van der Waals surface area contributed by atoms with Crippen molar-refractivity contribution in [1.82, 2.24) is 5.43 Å². The number of furan rings is 1. The van der Waals surface area contributed by atoms with Crippen LogP contribution < -0.4 is 11.3 Å². The lowest BCUT2D eigenvalue weighted by molar-refractivity contribution is 0.525. The van der Waals surface area contributed by atoms with Crippen LogP contribution in [0.5, 0.6) is 0 Å². The van der Waals surface area contributed by atoms with Gasteiger partial charge in [0, 0.05) is 5.56 Å². The standard InChI is InChI=1S/C15H20N2O/c1-11(2)13-5-3-12(4-6-13)9-15(17-16)14-7-8-18-10-14/h3-8,10-11,15,17H,9,16H2,1-2H3. The molecule has 18 heavy (non-hydrogen) atoms. The molecule has 96 valence electrons. The fourth-order valence-electron chi connectivity index (χ4n) is 2.02. The van der Waals surface area contributed by atoms with Crippen LogP contribution in [-0.4, -0.2) is 0 Å². The predicted octanol–water partition coefficient (Wildman–Crippen LogP) is 3.15. The number of benzene rings is 1. The van der Waals surface area contributed by atoms with E-state index in [2.05, 4.69) is 43.5 Å². The van der Waals surface area contributed by atoms with E-state index in [0.29, 0.717) is 5.92 Å². The van der Waals surface area contributed by atoms with Gasteiger partial charge in [0.25, 0.3) is 0 Å². The van der Waals surface area contributed by atoms with Gasteiger partial charge in [0.1, 0.15) is 0 Å². The van der Waals surface area contributed by atoms with Crippen molar-refractivity contribution in [3.63, 3.8) is 0 Å². The summed E-state index contributed by atoms with van der Waals surface area (Å²) >= 11 is 0. The molecule has 3 N–H and O–H groups in total. The number of nitrogens with one attached hydrogen (secondary N) is 1. The van der Waals surface area contributed by atoms with Gasteiger partial charge in [-0.3, -0.25) is 11.3 Å². The molecule has 0 fully saturated rings. The van der Waals surface area contributed by atoms with Crippen LogP contribution in [0.15, 0.2) is 47.3 Å². The molecule has 0 aliphatic heterocycles. The van der Waals surface area contributed by atoms with E-state index < -0.39 is 0 Å². The molecule has 0 bridgehead atoms. The summed E-state index contributed by atoms with van der Waals surface area (Å²) in [5, 5.41) is 0. The van der Waals surface area contributed by atoms with Gasteiger partial charge in [0.15, 0.2) is 0 Å². The van der Waals surface area contributed by atoms with Crippen molar-refractivity contribution in [2.75, 3.05) is 0 Å². The van der Waals surface area contributed by atoms with Gasteiger partial charge >= 0.3 is 0 Å². The first-order valence-electron chi connectivity index (χ1n) is 6.27. The van der Waals surface area contributed by atoms with Gasteiger partial charge in [0.2, 0.25) is 0 Å². The Kier molecular flexibility index (Phi) is 4.18. The number of rotatable bonds is 5. The Morgan fingerprint density at radius 2 is 1.83 bits per heavy atom. The second-order valence-corrected chi connectivity index (χ2v) is 4.88. The van der Waals surface area contributed by atoms with Gasteiger partial charge in [-0.2, -0.15) is 0 Å². The smallest absolute Gasteiger partial charge is 0.0950 e. The summed E-state index contributed by atoms with van der Waals surface area (Å²) in [6, 6.07) is 10.7. The highest BCUT2D eigenvalue weighted by Gasteiger charge is 2.11. The van der Waals surface area contributed by atoms with Crippen LogP contribution in [0.1, 0.15) is 42.5 Å². The van der Waals surface area contributed by atoms with Crippen molar-refractivity contribution in [2.24, 2.45) is 5.84 Å². The van der Waals surface area contributed by atoms with E-state index in [9.17, 15) is 0 Å². The first-order chi connectivity index (χ1) is 8.70. The summed E-state index contributed by atoms with van der Waals surface area (Å²) < 4.78 is 5.09. The van der Waals surface area contributed by atoms with E-state index in [4.69, 9.17) is 10.3 Å². The monoisotopic (exact) mass is 244 g/mol. The van der Waals surface area contributed by atoms with Crippen molar-refractivity contribution < 1.29 is 4.42 Å². The Morgan fingerprint density at radius 1 is 1.11 bits per heavy atom. The molecule has 3 nitrogen and oxygen atoms in total. The van der Waals surface area contributed by atoms with Gasteiger partial charge in [-0.15, -0.1) is 0 Å². The second-order valence-electron chi connectivity index (χ2n) is 4.88. The predicted molar refractivity (Wildman–Crippen MR) is 73.0 cm³/mol. The average Bonchev–Trinajstić information content (AvgIpc) is 2.90. The van der Waals surface area contributed by atoms with Crippen LogP contribution in [0.25, 0.3) is 0 Å². The Morgan fingerprint density at radius 3 is 2.33 bits per heavy atom. The van der Waals surface area contributed by atoms with E-state index in [1.54, 1.807) is 12.5 Å². The summed E-state index contributed by atoms with van der Waals surface area (Å²) in [6.07, 6.45) is 4.25. The maximum absolute atomic E-state index is 5.60. The molecule has 0 spiro atoms. The maximum Gasteiger partial charge on any atom is 0.0950 e. The molecule has 0 saturated heterocycles. The summed E-state index contributed by atoms with van der Waals surface area (Å²) in [4.78, 5) is 0. The first kappa shape index (κ1) is 12.9. The Hall–Kier alpha value is -1.58. The largest absolute Gasteiger partial charge is 0.472 e. The number of nitrogens with two attached hydrogens (primary N) is 1. The SMILES string of the molecule is CC(C)c1ccc(CC(NN)c2ccoc2)cc1. The van der Waals surface area contributed by atoms with Crippen LogP contribution in [0.3, 0.4) is 0 Å². The van der Waals surface area contributed by atoms with Crippen LogP contribution >= 0.6 is 0 Å². The molecular weight excluding hydrogens is 224 g/mol. The van der Waals surface area contributed by atoms with Crippen molar-refractivity contribution in [3.05, 3.63) is 59.5 Å². The Bertz CT molecular complexity index is 460. The van der Waals surface area contributed by atoms with Crippen molar-refractivity contribution in [1.29, 1.82) is 0 Å². The topological polar surface area (TPSA) is 51.2 Å². The van der Waals surface area contributed by atoms with E-state index in [1.807, 2.05) is 6.07 Å². The molecule has 1 heterocycles. The van der Waals surface area contributed by atoms with Crippen LogP contribution in [0.2, 0.25) is 0 Å². The normalized spacial score (nSPS) is 12.9. The van der Waals surface area contributed by atoms with Gasteiger partial charge in [-0.05, 0) is 29.5 Å². The third kappa shape index (κ3) is 3.00. The molecule has 0 aliphatic carbocycles. The number of hydrazine groups is 1. The molecule has 1 unspecified atom stereocenters. The molecule has 3 heteroatoms. The molecule has 1 aromatic carbocycles. The van der Waals surface area contributed by atoms with E-state index in [0.717, 1.165) is 12.0 Å². The summed E-state index contributed by atoms with van der Waals surface area (Å²) in [7, 11) is 0. The molecule has 2 aromatic rings. The van der Waals surface area contributed by atoms with Crippen LogP contribution in [0, 0.1) is 0 Å². The van der Waals surface area contributed by atoms with Crippen molar-refractivity contribution in [2.45, 2.75) is 32.2 Å². The number of hydrogen-bond acceptors (Lipinski definition) is 3. The number of hydrogen-bond donors (Lipinski definition) is 2. The molecule has 2 rings (SSSR count). The quantitative estimate of drug-likeness (QED) is 0.627. The van der Waals surface area contributed by atoms with E-state index in [-0.39, 0.29) is 6.04 Å². The van der Waals surface area contributed by atoms with Gasteiger partial charge in [-0.1, -0.05) is 38.1 Å². The molecule has 1 aromatic heterocycles. The molecule has 0 saturated carbocycles. The summed E-state index contributed by atoms with van der Waals surface area (Å²) in [6.45, 7) is 4.40. The Labute approximate surface area is 108 Å². The van der Waals surface area contributed by atoms with E-state index >= 15 is 0 Å². The summed E-state index contributed by atoms with van der Waals surface area (Å²) in [5.74, 6) is 6.16. The maximum atomic E-state index is 5.60. The molecular formula is C15H20N2O. The third-order valence-electron chi connectivity index (χ3n) is 3.23. The van der Waals surface area contributed by atoms with Gasteiger partial charge in [-0.25, -0.2) is 0 Å². The van der Waals surface area contributed by atoms with Crippen LogP contribution in [0.4, 0.5) is 0 Å². The lowest BCUT2D eigenvalue weighted by Gasteiger charge is -2.14. The van der Waals surface area contributed by atoms with Gasteiger partial charge < -0.3 is 4.42 Å². The molecule has 0 aliphatic rings. The minimum Gasteiger partial charge on any atom is -0.472 e. The zero-order chi connectivity index (χ0) is 13.0. The highest BCUT2D eigenvalue weighted by Crippen LogP contribution is 2.20. The minimum atomic E-state index is 0.0913. The van der Waals surface area contributed by atoms with Crippen molar-refractivity contribution in [3.8, 4) is 0 Å². The molecule has 0 radical (unpaired) electrons. The second kappa shape index (κ2) is 5.85. The third-order valence-corrected chi connectivity index (χ3v) is 3.23. The fraction of sp³-hybridized carbons (Fsp3) is 0.333. The average molecular weight is 244 g/mol. The van der Waals surface area contributed by atoms with Gasteiger partial charge in [0.05, 0.1) is 18.6 Å². The molecule has 0 amide bonds. The highest BCUT2D eigenvalue weighted by molar-refractivity contribution is 5.26. The fourth-order valence-corrected chi connectivity index (χ4v) is 2.02. The summed E-state index contributed by atoms with van der Waals surface area (Å²) in [5.41, 5.74) is 6.53. The zero-order valence-electron chi connectivity index (χ0n) is 10.9. The Balaban J connectivity index is 2.08. The lowest BCUT2D eigenvalue weighted by atomic mass is 9.97. The van der Waals surface area contributed by atoms with E-state index in [1.165, 1.54) is 11.1 Å². The minimum absolute atomic E-state index is 0.0913.